The van der Waals surface area contributed by atoms with Crippen LogP contribution in [0.25, 0.3) is 0 Å². The molecule has 0 bridgehead atoms. The lowest BCUT2D eigenvalue weighted by molar-refractivity contribution is 0.141. The van der Waals surface area contributed by atoms with Crippen LogP contribution in [0.4, 0.5) is 28.8 Å². The summed E-state index contributed by atoms with van der Waals surface area (Å²) in [6, 6.07) is 15.2. The molecule has 3 heterocycles. The zero-order valence-corrected chi connectivity index (χ0v) is 25.3. The highest BCUT2D eigenvalue weighted by Gasteiger charge is 2.26. The van der Waals surface area contributed by atoms with E-state index in [-0.39, 0.29) is 0 Å². The zero-order chi connectivity index (χ0) is 27.9. The van der Waals surface area contributed by atoms with Gasteiger partial charge in [-0.1, -0.05) is 30.2 Å². The van der Waals surface area contributed by atoms with E-state index in [1.54, 1.807) is 18.1 Å². The molecule has 10 heteroatoms. The van der Waals surface area contributed by atoms with E-state index in [1.807, 2.05) is 43.5 Å². The highest BCUT2D eigenvalue weighted by molar-refractivity contribution is 7.97. The van der Waals surface area contributed by atoms with Gasteiger partial charge in [0.25, 0.3) is 0 Å². The first-order chi connectivity index (χ1) is 19.5. The second-order valence-electron chi connectivity index (χ2n) is 10.5. The molecule has 2 saturated heterocycles. The number of para-hydroxylation sites is 1. The van der Waals surface area contributed by atoms with Crippen molar-refractivity contribution < 1.29 is 4.74 Å². The number of nitrogens with one attached hydrogen (secondary N) is 2. The van der Waals surface area contributed by atoms with E-state index in [2.05, 4.69) is 49.7 Å². The Bertz CT molecular complexity index is 1260. The highest BCUT2D eigenvalue weighted by atomic mass is 35.5. The van der Waals surface area contributed by atoms with Gasteiger partial charge in [-0.15, -0.1) is 0 Å². The summed E-state index contributed by atoms with van der Waals surface area (Å²) < 4.78 is 8.10. The number of anilines is 5. The minimum atomic E-state index is 0.445. The van der Waals surface area contributed by atoms with Crippen LogP contribution in [0, 0.1) is 0 Å². The molecule has 1 aromatic heterocycles. The summed E-state index contributed by atoms with van der Waals surface area (Å²) in [5.41, 5.74) is 2.95. The van der Waals surface area contributed by atoms with Crippen molar-refractivity contribution in [1.82, 2.24) is 19.2 Å². The number of hydrogen-bond acceptors (Lipinski definition) is 9. The predicted octanol–water partition coefficient (Wildman–Crippen LogP) is 7.04. The molecular formula is C30H40ClN7OS. The highest BCUT2D eigenvalue weighted by Crippen LogP contribution is 2.35. The van der Waals surface area contributed by atoms with Gasteiger partial charge < -0.3 is 25.2 Å². The number of benzene rings is 2. The van der Waals surface area contributed by atoms with Gasteiger partial charge in [0.05, 0.1) is 24.2 Å². The molecule has 0 atom stereocenters. The fraction of sp³-hybridized carbons (Fsp3) is 0.467. The maximum atomic E-state index is 6.49. The fourth-order valence-corrected chi connectivity index (χ4v) is 6.36. The fourth-order valence-electron chi connectivity index (χ4n) is 5.47. The Morgan fingerprint density at radius 1 is 1.00 bits per heavy atom. The third-order valence-electron chi connectivity index (χ3n) is 7.41. The minimum Gasteiger partial charge on any atom is -0.492 e. The molecule has 0 radical (unpaired) electrons. The Labute approximate surface area is 247 Å². The predicted molar refractivity (Wildman–Crippen MR) is 168 cm³/mol. The normalized spacial score (nSPS) is 16.8. The van der Waals surface area contributed by atoms with Crippen LogP contribution in [0.2, 0.25) is 5.02 Å². The van der Waals surface area contributed by atoms with E-state index in [0.29, 0.717) is 23.4 Å². The first-order valence-electron chi connectivity index (χ1n) is 14.3. The van der Waals surface area contributed by atoms with Crippen LogP contribution in [-0.4, -0.2) is 72.1 Å². The van der Waals surface area contributed by atoms with Crippen LogP contribution in [0.5, 0.6) is 5.75 Å². The largest absolute Gasteiger partial charge is 0.492 e. The Kier molecular flexibility index (Phi) is 9.91. The van der Waals surface area contributed by atoms with Crippen molar-refractivity contribution in [1.29, 1.82) is 0 Å². The van der Waals surface area contributed by atoms with Gasteiger partial charge in [0.2, 0.25) is 5.95 Å². The summed E-state index contributed by atoms with van der Waals surface area (Å²) in [6.45, 7) is 7.26. The molecule has 214 valence electrons. The maximum Gasteiger partial charge on any atom is 0.229 e. The summed E-state index contributed by atoms with van der Waals surface area (Å²) in [5, 5.41) is 7.18. The molecule has 2 fully saturated rings. The molecule has 2 aromatic carbocycles. The van der Waals surface area contributed by atoms with Gasteiger partial charge >= 0.3 is 0 Å². The summed E-state index contributed by atoms with van der Waals surface area (Å²) >= 11 is 8.12. The van der Waals surface area contributed by atoms with Crippen LogP contribution >= 0.6 is 23.5 Å². The van der Waals surface area contributed by atoms with Crippen molar-refractivity contribution in [2.45, 2.75) is 50.0 Å². The average molecular weight is 582 g/mol. The van der Waals surface area contributed by atoms with Crippen molar-refractivity contribution in [2.24, 2.45) is 0 Å². The van der Waals surface area contributed by atoms with Gasteiger partial charge in [-0.2, -0.15) is 4.98 Å². The number of ether oxygens (including phenoxy) is 1. The monoisotopic (exact) mass is 581 g/mol. The molecule has 3 aromatic rings. The number of nitrogens with zero attached hydrogens (tertiary/aromatic N) is 5. The minimum absolute atomic E-state index is 0.445. The second kappa shape index (κ2) is 13.8. The van der Waals surface area contributed by atoms with Gasteiger partial charge in [0.1, 0.15) is 10.8 Å². The molecule has 5 rings (SSSR count). The lowest BCUT2D eigenvalue weighted by atomic mass is 9.99. The molecule has 0 aliphatic carbocycles. The Hall–Kier alpha value is -2.72. The molecule has 2 aliphatic heterocycles. The third kappa shape index (κ3) is 7.32. The van der Waals surface area contributed by atoms with E-state index in [1.165, 1.54) is 50.9 Å². The van der Waals surface area contributed by atoms with Crippen LogP contribution in [-0.2, 0) is 0 Å². The molecule has 8 nitrogen and oxygen atoms in total. The molecule has 40 heavy (non-hydrogen) atoms. The molecule has 2 N–H and O–H groups in total. The lowest BCUT2D eigenvalue weighted by Gasteiger charge is -2.41. The summed E-state index contributed by atoms with van der Waals surface area (Å²) in [5.74, 6) is 1.77. The maximum absolute atomic E-state index is 6.49. The van der Waals surface area contributed by atoms with E-state index in [9.17, 15) is 0 Å². The lowest BCUT2D eigenvalue weighted by Crippen LogP contribution is -2.46. The number of piperidine rings is 2. The number of hydrogen-bond donors (Lipinski definition) is 2. The van der Waals surface area contributed by atoms with Gasteiger partial charge in [0, 0.05) is 35.8 Å². The number of halogens is 1. The molecule has 0 spiro atoms. The van der Waals surface area contributed by atoms with Gasteiger partial charge in [-0.3, -0.25) is 4.31 Å². The first kappa shape index (κ1) is 28.8. The van der Waals surface area contributed by atoms with Crippen molar-refractivity contribution in [3.8, 4) is 5.75 Å². The number of rotatable bonds is 10. The van der Waals surface area contributed by atoms with E-state index in [0.717, 1.165) is 41.2 Å². The van der Waals surface area contributed by atoms with E-state index in [4.69, 9.17) is 21.3 Å². The van der Waals surface area contributed by atoms with Gasteiger partial charge in [-0.25, -0.2) is 4.98 Å². The van der Waals surface area contributed by atoms with Crippen molar-refractivity contribution in [2.75, 3.05) is 62.4 Å². The summed E-state index contributed by atoms with van der Waals surface area (Å²) in [7, 11) is 4.03. The van der Waals surface area contributed by atoms with E-state index < -0.39 is 0 Å². The molecule has 2 aliphatic rings. The zero-order valence-electron chi connectivity index (χ0n) is 23.7. The first-order valence-corrected chi connectivity index (χ1v) is 15.4. The second-order valence-corrected chi connectivity index (χ2v) is 12.2. The standard InChI is InChI=1S/C30H40ClN7OS/c1-4-39-27-20-23(38-18-14-22(15-19-38)37-16-8-5-9-17-37)12-13-25(27)34-30-32-21-24(31)29(35-30)33-26-10-6-7-11-28(26)40-36(2)3/h6-7,10-13,20-22H,4-5,8-9,14-19H2,1-3H3,(H2,32,33,34,35). The van der Waals surface area contributed by atoms with Crippen molar-refractivity contribution >= 4 is 52.4 Å². The molecule has 0 amide bonds. The van der Waals surface area contributed by atoms with E-state index >= 15 is 0 Å². The van der Waals surface area contributed by atoms with Crippen LogP contribution in [0.15, 0.2) is 53.6 Å². The number of likely N-dealkylation sites (tertiary alicyclic amines) is 1. The van der Waals surface area contributed by atoms with Crippen LogP contribution in [0.1, 0.15) is 39.0 Å². The van der Waals surface area contributed by atoms with Gasteiger partial charge in [0.15, 0.2) is 5.82 Å². The Morgan fingerprint density at radius 2 is 1.77 bits per heavy atom. The third-order valence-corrected chi connectivity index (χ3v) is 8.61. The molecular weight excluding hydrogens is 542 g/mol. The summed E-state index contributed by atoms with van der Waals surface area (Å²) in [6.07, 6.45) is 8.14. The SMILES string of the molecule is CCOc1cc(N2CCC(N3CCCCC3)CC2)ccc1Nc1ncc(Cl)c(Nc2ccccc2SN(C)C)n1. The number of aromatic nitrogens is 2. The Morgan fingerprint density at radius 3 is 2.52 bits per heavy atom. The molecule has 0 saturated carbocycles. The smallest absolute Gasteiger partial charge is 0.229 e. The summed E-state index contributed by atoms with van der Waals surface area (Å²) in [4.78, 5) is 15.4. The van der Waals surface area contributed by atoms with Crippen LogP contribution < -0.4 is 20.3 Å². The average Bonchev–Trinajstić information content (AvgIpc) is 2.97. The van der Waals surface area contributed by atoms with Crippen LogP contribution in [0.3, 0.4) is 0 Å². The van der Waals surface area contributed by atoms with Crippen molar-refractivity contribution in [3.05, 3.63) is 53.7 Å². The quantitative estimate of drug-likeness (QED) is 0.245. The van der Waals surface area contributed by atoms with Crippen molar-refractivity contribution in [3.63, 3.8) is 0 Å². The van der Waals surface area contributed by atoms with Gasteiger partial charge in [-0.05, 0) is 96.0 Å². The topological polar surface area (TPSA) is 68.8 Å². The Balaban J connectivity index is 1.29. The molecule has 0 unspecified atom stereocenters.